The Labute approximate surface area is 88.2 Å². The molecule has 1 aromatic heterocycles. The quantitative estimate of drug-likeness (QED) is 0.712. The highest BCUT2D eigenvalue weighted by molar-refractivity contribution is 5.60. The van der Waals surface area contributed by atoms with Crippen LogP contribution in [0.1, 0.15) is 11.6 Å². The van der Waals surface area contributed by atoms with Crippen LogP contribution >= 0.6 is 0 Å². The maximum Gasteiger partial charge on any atom is 0.163 e. The van der Waals surface area contributed by atoms with Crippen molar-refractivity contribution in [1.82, 2.24) is 15.0 Å². The average Bonchev–Trinajstić information content (AvgIpc) is 2.16. The Morgan fingerprint density at radius 1 is 1.00 bits per heavy atom. The first-order valence-corrected chi connectivity index (χ1v) is 4.70. The number of hydrogen-bond acceptors (Lipinski definition) is 4. The molecule has 0 amide bonds. The first-order valence-electron chi connectivity index (χ1n) is 4.70. The van der Waals surface area contributed by atoms with Gasteiger partial charge < -0.3 is 5.73 Å². The third-order valence-corrected chi connectivity index (χ3v) is 2.00. The molecule has 0 atom stereocenters. The number of aromatic nitrogens is 3. The Balaban J connectivity index is 2.54. The zero-order chi connectivity index (χ0) is 10.8. The molecule has 76 valence electrons. The standard InChI is InChI=1S/C11H12N4/c1-7-13-8(2)15-11(14-7)9-4-3-5-10(12)6-9/h3-6H,12H2,1-2H3. The van der Waals surface area contributed by atoms with Crippen molar-refractivity contribution in [2.75, 3.05) is 5.73 Å². The Bertz CT molecular complexity index is 473. The van der Waals surface area contributed by atoms with E-state index in [1.165, 1.54) is 0 Å². The Hall–Kier alpha value is -1.97. The van der Waals surface area contributed by atoms with Crippen molar-refractivity contribution in [2.45, 2.75) is 13.8 Å². The van der Waals surface area contributed by atoms with E-state index >= 15 is 0 Å². The minimum absolute atomic E-state index is 0.673. The van der Waals surface area contributed by atoms with Gasteiger partial charge in [-0.3, -0.25) is 0 Å². The molecule has 0 spiro atoms. The molecule has 15 heavy (non-hydrogen) atoms. The molecule has 0 aliphatic heterocycles. The molecule has 0 bridgehead atoms. The largest absolute Gasteiger partial charge is 0.399 e. The van der Waals surface area contributed by atoms with Crippen molar-refractivity contribution in [1.29, 1.82) is 0 Å². The summed E-state index contributed by atoms with van der Waals surface area (Å²) in [5.41, 5.74) is 7.33. The molecule has 0 unspecified atom stereocenters. The van der Waals surface area contributed by atoms with Gasteiger partial charge in [0.05, 0.1) is 0 Å². The van der Waals surface area contributed by atoms with Crippen molar-refractivity contribution >= 4 is 5.69 Å². The number of hydrogen-bond donors (Lipinski definition) is 1. The number of rotatable bonds is 1. The number of benzene rings is 1. The lowest BCUT2D eigenvalue weighted by molar-refractivity contribution is 0.928. The summed E-state index contributed by atoms with van der Waals surface area (Å²) in [4.78, 5) is 12.7. The minimum Gasteiger partial charge on any atom is -0.399 e. The van der Waals surface area contributed by atoms with Crippen LogP contribution in [0.4, 0.5) is 5.69 Å². The lowest BCUT2D eigenvalue weighted by Crippen LogP contribution is -1.99. The summed E-state index contributed by atoms with van der Waals surface area (Å²) in [5, 5.41) is 0. The van der Waals surface area contributed by atoms with E-state index in [9.17, 15) is 0 Å². The van der Waals surface area contributed by atoms with Gasteiger partial charge in [0.25, 0.3) is 0 Å². The normalized spacial score (nSPS) is 10.3. The summed E-state index contributed by atoms with van der Waals surface area (Å²) in [5.74, 6) is 2.12. The molecule has 0 aliphatic carbocycles. The van der Waals surface area contributed by atoms with E-state index in [2.05, 4.69) is 15.0 Å². The van der Waals surface area contributed by atoms with Gasteiger partial charge in [0.1, 0.15) is 11.6 Å². The van der Waals surface area contributed by atoms with Gasteiger partial charge in [0.15, 0.2) is 5.82 Å². The SMILES string of the molecule is Cc1nc(C)nc(-c2cccc(N)c2)n1. The highest BCUT2D eigenvalue weighted by Crippen LogP contribution is 2.17. The van der Waals surface area contributed by atoms with E-state index in [-0.39, 0.29) is 0 Å². The van der Waals surface area contributed by atoms with Crippen LogP contribution in [0.25, 0.3) is 11.4 Å². The second-order valence-corrected chi connectivity index (χ2v) is 3.38. The average molecular weight is 200 g/mol. The molecule has 0 aliphatic rings. The molecule has 4 heteroatoms. The predicted octanol–water partition coefficient (Wildman–Crippen LogP) is 1.74. The number of nitrogen functional groups attached to an aromatic ring is 1. The summed E-state index contributed by atoms with van der Waals surface area (Å²) in [7, 11) is 0. The molecule has 2 N–H and O–H groups in total. The number of nitrogens with zero attached hydrogens (tertiary/aromatic N) is 3. The van der Waals surface area contributed by atoms with Crippen molar-refractivity contribution < 1.29 is 0 Å². The van der Waals surface area contributed by atoms with E-state index in [0.29, 0.717) is 11.5 Å². The molecular weight excluding hydrogens is 188 g/mol. The maximum absolute atomic E-state index is 5.70. The maximum atomic E-state index is 5.70. The van der Waals surface area contributed by atoms with Crippen LogP contribution < -0.4 is 5.73 Å². The second-order valence-electron chi connectivity index (χ2n) is 3.38. The van der Waals surface area contributed by atoms with Crippen LogP contribution in [0.5, 0.6) is 0 Å². The van der Waals surface area contributed by atoms with E-state index in [1.54, 1.807) is 0 Å². The molecule has 4 nitrogen and oxygen atoms in total. The van der Waals surface area contributed by atoms with Crippen LogP contribution in [-0.4, -0.2) is 15.0 Å². The molecular formula is C11H12N4. The fourth-order valence-electron chi connectivity index (χ4n) is 1.42. The van der Waals surface area contributed by atoms with E-state index in [0.717, 1.165) is 17.2 Å². The molecule has 0 saturated carbocycles. The highest BCUT2D eigenvalue weighted by atomic mass is 15.0. The number of aryl methyl sites for hydroxylation is 2. The van der Waals surface area contributed by atoms with Gasteiger partial charge in [-0.1, -0.05) is 12.1 Å². The van der Waals surface area contributed by atoms with Gasteiger partial charge in [-0.15, -0.1) is 0 Å². The topological polar surface area (TPSA) is 64.7 Å². The summed E-state index contributed by atoms with van der Waals surface area (Å²) in [6.07, 6.45) is 0. The Kier molecular flexibility index (Phi) is 2.33. The van der Waals surface area contributed by atoms with Crippen molar-refractivity contribution in [3.8, 4) is 11.4 Å². The molecule has 0 radical (unpaired) electrons. The van der Waals surface area contributed by atoms with E-state index < -0.39 is 0 Å². The van der Waals surface area contributed by atoms with Gasteiger partial charge in [-0.05, 0) is 26.0 Å². The number of nitrogens with two attached hydrogens (primary N) is 1. The van der Waals surface area contributed by atoms with Gasteiger partial charge in [-0.25, -0.2) is 15.0 Å². The van der Waals surface area contributed by atoms with Crippen molar-refractivity contribution in [3.05, 3.63) is 35.9 Å². The second kappa shape index (κ2) is 3.65. The first kappa shape index (κ1) is 9.58. The summed E-state index contributed by atoms with van der Waals surface area (Å²) in [6, 6.07) is 7.52. The molecule has 0 fully saturated rings. The summed E-state index contributed by atoms with van der Waals surface area (Å²) < 4.78 is 0. The van der Waals surface area contributed by atoms with E-state index in [1.807, 2.05) is 38.1 Å². The van der Waals surface area contributed by atoms with Crippen molar-refractivity contribution in [3.63, 3.8) is 0 Å². The lowest BCUT2D eigenvalue weighted by atomic mass is 10.2. The Morgan fingerprint density at radius 3 is 2.27 bits per heavy atom. The summed E-state index contributed by atoms with van der Waals surface area (Å²) in [6.45, 7) is 3.70. The van der Waals surface area contributed by atoms with Gasteiger partial charge >= 0.3 is 0 Å². The molecule has 1 heterocycles. The molecule has 2 rings (SSSR count). The van der Waals surface area contributed by atoms with Crippen LogP contribution in [-0.2, 0) is 0 Å². The van der Waals surface area contributed by atoms with Gasteiger partial charge in [0, 0.05) is 11.3 Å². The third kappa shape index (κ3) is 2.10. The Morgan fingerprint density at radius 2 is 1.67 bits per heavy atom. The van der Waals surface area contributed by atoms with Crippen LogP contribution in [0.15, 0.2) is 24.3 Å². The first-order chi connectivity index (χ1) is 7.15. The molecule has 2 aromatic rings. The minimum atomic E-state index is 0.673. The van der Waals surface area contributed by atoms with Crippen LogP contribution in [0, 0.1) is 13.8 Å². The highest BCUT2D eigenvalue weighted by Gasteiger charge is 2.03. The smallest absolute Gasteiger partial charge is 0.163 e. The fourth-order valence-corrected chi connectivity index (χ4v) is 1.42. The predicted molar refractivity (Wildman–Crippen MR) is 59.1 cm³/mol. The monoisotopic (exact) mass is 200 g/mol. The molecule has 0 saturated heterocycles. The van der Waals surface area contributed by atoms with Crippen LogP contribution in [0.2, 0.25) is 0 Å². The van der Waals surface area contributed by atoms with Crippen LogP contribution in [0.3, 0.4) is 0 Å². The van der Waals surface area contributed by atoms with E-state index in [4.69, 9.17) is 5.73 Å². The zero-order valence-electron chi connectivity index (χ0n) is 8.73. The van der Waals surface area contributed by atoms with Gasteiger partial charge in [-0.2, -0.15) is 0 Å². The van der Waals surface area contributed by atoms with Gasteiger partial charge in [0.2, 0.25) is 0 Å². The lowest BCUT2D eigenvalue weighted by Gasteiger charge is -2.03. The molecule has 1 aromatic carbocycles. The zero-order valence-corrected chi connectivity index (χ0v) is 8.73. The summed E-state index contributed by atoms with van der Waals surface area (Å²) >= 11 is 0. The number of anilines is 1. The fraction of sp³-hybridized carbons (Fsp3) is 0.182. The third-order valence-electron chi connectivity index (χ3n) is 2.00. The van der Waals surface area contributed by atoms with Crippen molar-refractivity contribution in [2.24, 2.45) is 0 Å².